The van der Waals surface area contributed by atoms with Gasteiger partial charge in [0.2, 0.25) is 0 Å². The summed E-state index contributed by atoms with van der Waals surface area (Å²) in [5, 5.41) is 39.4. The summed E-state index contributed by atoms with van der Waals surface area (Å²) in [6.45, 7) is 0. The SMILES string of the molecule is c1ccc(-c2c3cccc4c5ccccc5c(c34)c3c4ccc5c6ccc7c8c(-c9ccccc9C9%10CC%11CC(CC(C%11)C9)C%10)c9c%10cccc%11cccc(c9c(-c9ccccc9C9%12CC%13CC(CC(C%13)C9)C%12)c8c8ccc(c9ccc(c23)c4c95)c6c87)c%11%10)cc1. The third-order valence-corrected chi connectivity index (χ3v) is 26.4. The Hall–Kier alpha value is -9.10. The van der Waals surface area contributed by atoms with Gasteiger partial charge in [-0.1, -0.05) is 206 Å². The number of hydrogen-bond donors (Lipinski definition) is 0. The molecule has 8 bridgehead atoms. The van der Waals surface area contributed by atoms with Crippen molar-refractivity contribution in [3.05, 3.63) is 217 Å². The first kappa shape index (κ1) is 47.8. The third-order valence-electron chi connectivity index (χ3n) is 26.4. The van der Waals surface area contributed by atoms with Gasteiger partial charge in [0.25, 0.3) is 0 Å². The van der Waals surface area contributed by atoms with Gasteiger partial charge in [0, 0.05) is 0 Å². The van der Waals surface area contributed by atoms with Crippen molar-refractivity contribution in [3.63, 3.8) is 0 Å². The zero-order chi connectivity index (χ0) is 57.8. The number of hydrogen-bond acceptors (Lipinski definition) is 0. The fourth-order valence-electron chi connectivity index (χ4n) is 24.5. The standard InChI is InChI=1S/C90H64/c1-2-13-54(14-3-1)74-66-24-12-21-56-55-17-4-5-18-57(55)80(77(56)66)86-68-32-28-59-61-30-34-70-79-69(33-29-60(76(61)79)58-27-31-67(83(74)86)78(68)75(58)59)87-81(62-19-6-8-25-71(62)89-41-47-35-48(42-89)37-49(36-47)43-89)84-64-22-10-15-53-16-11-23-65(73(53)64)85(84)82(88(70)87)63-20-7-9-26-72(63)90-44-50-38-51(45-90)40-52(39-50)46-90/h1-34,47-52H,35-46H2. The second-order valence-corrected chi connectivity index (χ2v) is 30.7. The zero-order valence-electron chi connectivity index (χ0n) is 50.6. The van der Waals surface area contributed by atoms with Crippen LogP contribution in [0.15, 0.2) is 206 Å². The molecule has 0 N–H and O–H groups in total. The molecule has 0 nitrogen and oxygen atoms in total. The first-order chi connectivity index (χ1) is 44.5. The molecule has 8 aliphatic carbocycles. The van der Waals surface area contributed by atoms with E-state index in [2.05, 4.69) is 206 Å². The lowest BCUT2D eigenvalue weighted by Gasteiger charge is -2.57. The Bertz CT molecular complexity index is 5910. The maximum atomic E-state index is 2.64. The van der Waals surface area contributed by atoms with Crippen LogP contribution in [0, 0.1) is 35.5 Å². The van der Waals surface area contributed by atoms with Crippen LogP contribution in [0.25, 0.3) is 184 Å². The molecule has 8 aliphatic rings. The van der Waals surface area contributed by atoms with E-state index < -0.39 is 0 Å². The molecular formula is C90H64. The van der Waals surface area contributed by atoms with Crippen LogP contribution in [-0.2, 0) is 10.8 Å². The Morgan fingerprint density at radius 1 is 0.200 bits per heavy atom. The Kier molecular flexibility index (Phi) is 8.64. The largest absolute Gasteiger partial charge is 0.0622 e. The van der Waals surface area contributed by atoms with Gasteiger partial charge in [-0.25, -0.2) is 0 Å². The quantitative estimate of drug-likeness (QED) is 0.119. The summed E-state index contributed by atoms with van der Waals surface area (Å²) in [7, 11) is 0. The van der Waals surface area contributed by atoms with Gasteiger partial charge in [0.05, 0.1) is 0 Å². The van der Waals surface area contributed by atoms with Gasteiger partial charge >= 0.3 is 0 Å². The smallest absolute Gasteiger partial charge is 0.000696 e. The predicted molar refractivity (Wildman–Crippen MR) is 383 cm³/mol. The van der Waals surface area contributed by atoms with Gasteiger partial charge in [-0.3, -0.25) is 0 Å². The normalized spacial score (nSPS) is 24.9. The summed E-state index contributed by atoms with van der Waals surface area (Å²) in [5.74, 6) is 5.08. The summed E-state index contributed by atoms with van der Waals surface area (Å²) in [6, 6.07) is 83.0. The van der Waals surface area contributed by atoms with Gasteiger partial charge in [0.1, 0.15) is 0 Å². The third kappa shape index (κ3) is 5.62. The topological polar surface area (TPSA) is 0 Å². The number of benzene rings is 14. The molecule has 424 valence electrons. The van der Waals surface area contributed by atoms with Gasteiger partial charge < -0.3 is 0 Å². The van der Waals surface area contributed by atoms with Gasteiger partial charge in [-0.2, -0.15) is 0 Å². The Morgan fingerprint density at radius 2 is 0.500 bits per heavy atom. The summed E-state index contributed by atoms with van der Waals surface area (Å²) >= 11 is 0. The lowest BCUT2D eigenvalue weighted by molar-refractivity contribution is -0.00504. The van der Waals surface area contributed by atoms with E-state index in [0.29, 0.717) is 0 Å². The van der Waals surface area contributed by atoms with E-state index in [1.807, 2.05) is 0 Å². The molecule has 0 spiro atoms. The van der Waals surface area contributed by atoms with Crippen molar-refractivity contribution in [3.8, 4) is 33.4 Å². The van der Waals surface area contributed by atoms with E-state index in [-0.39, 0.29) is 10.8 Å². The van der Waals surface area contributed by atoms with E-state index in [4.69, 9.17) is 0 Å². The highest BCUT2D eigenvalue weighted by Crippen LogP contribution is 2.67. The maximum absolute atomic E-state index is 2.64. The molecular weight excluding hydrogens is 1080 g/mol. The van der Waals surface area contributed by atoms with Crippen LogP contribution in [0.1, 0.15) is 88.2 Å². The molecule has 26 rings (SSSR count). The van der Waals surface area contributed by atoms with E-state index in [9.17, 15) is 0 Å². The lowest BCUT2D eigenvalue weighted by atomic mass is 9.47. The summed E-state index contributed by atoms with van der Waals surface area (Å²) < 4.78 is 0. The van der Waals surface area contributed by atoms with E-state index in [1.165, 1.54) is 261 Å². The van der Waals surface area contributed by atoms with Crippen LogP contribution in [0.2, 0.25) is 0 Å². The maximum Gasteiger partial charge on any atom is -0.000696 e. The summed E-state index contributed by atoms with van der Waals surface area (Å²) in [4.78, 5) is 0. The molecule has 0 unspecified atom stereocenters. The lowest BCUT2D eigenvalue weighted by Crippen LogP contribution is -2.48. The first-order valence-corrected chi connectivity index (χ1v) is 34.5. The molecule has 0 heteroatoms. The van der Waals surface area contributed by atoms with E-state index in [1.54, 1.807) is 11.1 Å². The van der Waals surface area contributed by atoms with Gasteiger partial charge in [-0.15, -0.1) is 0 Å². The molecule has 0 aromatic heterocycles. The van der Waals surface area contributed by atoms with Crippen LogP contribution in [0.3, 0.4) is 0 Å². The predicted octanol–water partition coefficient (Wildman–Crippen LogP) is 25.0. The zero-order valence-corrected chi connectivity index (χ0v) is 50.6. The fraction of sp³-hybridized carbons (Fsp3) is 0.222. The average molecular weight is 1150 g/mol. The number of rotatable bonds is 5. The van der Waals surface area contributed by atoms with Crippen LogP contribution in [0.5, 0.6) is 0 Å². The molecule has 8 saturated carbocycles. The molecule has 18 aromatic carbocycles. The van der Waals surface area contributed by atoms with E-state index in [0.717, 1.165) is 35.5 Å². The molecule has 0 aliphatic heterocycles. The van der Waals surface area contributed by atoms with Crippen molar-refractivity contribution in [2.45, 2.75) is 87.9 Å². The van der Waals surface area contributed by atoms with Crippen LogP contribution < -0.4 is 0 Å². The van der Waals surface area contributed by atoms with Crippen LogP contribution in [-0.4, -0.2) is 0 Å². The molecule has 90 heavy (non-hydrogen) atoms. The average Bonchev–Trinajstić information content (AvgIpc) is 1.49. The molecule has 0 atom stereocenters. The molecule has 0 saturated heterocycles. The second kappa shape index (κ2) is 16.3. The Balaban J connectivity index is 0.879. The minimum absolute atomic E-state index is 0.202. The van der Waals surface area contributed by atoms with Crippen molar-refractivity contribution in [1.82, 2.24) is 0 Å². The van der Waals surface area contributed by atoms with Crippen molar-refractivity contribution >= 4 is 151 Å². The highest BCUT2D eigenvalue weighted by molar-refractivity contribution is 6.53. The Morgan fingerprint density at radius 3 is 0.989 bits per heavy atom. The molecule has 18 aromatic rings. The van der Waals surface area contributed by atoms with Crippen LogP contribution >= 0.6 is 0 Å². The van der Waals surface area contributed by atoms with Crippen molar-refractivity contribution in [2.24, 2.45) is 35.5 Å². The minimum atomic E-state index is 0.202. The van der Waals surface area contributed by atoms with Crippen molar-refractivity contribution in [1.29, 1.82) is 0 Å². The molecule has 0 amide bonds. The molecule has 0 heterocycles. The van der Waals surface area contributed by atoms with Crippen molar-refractivity contribution < 1.29 is 0 Å². The Labute approximate surface area is 521 Å². The number of fused-ring (bicyclic) bond motifs is 15. The summed E-state index contributed by atoms with van der Waals surface area (Å²) in [5.41, 5.74) is 12.3. The van der Waals surface area contributed by atoms with E-state index >= 15 is 0 Å². The van der Waals surface area contributed by atoms with Crippen molar-refractivity contribution in [2.75, 3.05) is 0 Å². The monoisotopic (exact) mass is 1140 g/mol. The molecule has 8 fully saturated rings. The minimum Gasteiger partial charge on any atom is -0.0622 e. The van der Waals surface area contributed by atoms with Crippen LogP contribution in [0.4, 0.5) is 0 Å². The van der Waals surface area contributed by atoms with Gasteiger partial charge in [-0.05, 0) is 319 Å². The van der Waals surface area contributed by atoms with Gasteiger partial charge in [0.15, 0.2) is 0 Å². The highest BCUT2D eigenvalue weighted by Gasteiger charge is 2.54. The molecule has 0 radical (unpaired) electrons. The second-order valence-electron chi connectivity index (χ2n) is 30.7. The first-order valence-electron chi connectivity index (χ1n) is 34.5. The summed E-state index contributed by atoms with van der Waals surface area (Å²) in [6.07, 6.45) is 16.7. The highest BCUT2D eigenvalue weighted by atomic mass is 14.6. The fourth-order valence-corrected chi connectivity index (χ4v) is 24.5.